The second-order valence-corrected chi connectivity index (χ2v) is 10.1. The van der Waals surface area contributed by atoms with Gasteiger partial charge in [0.2, 0.25) is 5.91 Å². The van der Waals surface area contributed by atoms with Crippen molar-refractivity contribution in [3.05, 3.63) is 131 Å². The Labute approximate surface area is 240 Å². The van der Waals surface area contributed by atoms with E-state index in [4.69, 9.17) is 4.42 Å². The third-order valence-electron chi connectivity index (χ3n) is 7.25. The zero-order valence-electron chi connectivity index (χ0n) is 22.5. The summed E-state index contributed by atoms with van der Waals surface area (Å²) < 4.78 is 9.29. The number of nitrogens with one attached hydrogen (secondary N) is 2. The number of nitrogens with zero attached hydrogens (tertiary/aromatic N) is 4. The maximum Gasteiger partial charge on any atom is 0.277 e. The number of amides is 1. The highest BCUT2D eigenvalue weighted by Gasteiger charge is 2.16. The van der Waals surface area contributed by atoms with Crippen LogP contribution in [0.3, 0.4) is 0 Å². The second-order valence-electron chi connectivity index (χ2n) is 10.1. The summed E-state index contributed by atoms with van der Waals surface area (Å²) >= 11 is 0. The van der Waals surface area contributed by atoms with Gasteiger partial charge in [-0.1, -0.05) is 54.6 Å². The molecule has 0 radical (unpaired) electrons. The fraction of sp³-hybridized carbons (Fsp3) is 0.0909. The molecular formula is C33H26N6O3. The molecule has 9 heteroatoms. The van der Waals surface area contributed by atoms with Crippen LogP contribution in [0.1, 0.15) is 11.1 Å². The molecule has 4 aromatic heterocycles. The van der Waals surface area contributed by atoms with Crippen molar-refractivity contribution in [2.75, 3.05) is 5.32 Å². The van der Waals surface area contributed by atoms with Crippen LogP contribution in [-0.4, -0.2) is 24.8 Å². The number of carbonyl (C=O) groups excluding carboxylic acids is 1. The van der Waals surface area contributed by atoms with Gasteiger partial charge in [0.15, 0.2) is 0 Å². The number of furan rings is 1. The van der Waals surface area contributed by atoms with Gasteiger partial charge in [0.25, 0.3) is 5.56 Å². The SMILES string of the molecule is O=C(Cn1c(-c2ccccc2)ncc(NCc2ccc3oc4ccccc4c3c2)c1=O)NCc1cc2cnccn2c1. The maximum absolute atomic E-state index is 13.7. The standard InChI is InChI=1S/C33H26N6O3/c40-31(36-17-23-14-25-18-34-12-13-38(25)20-23)21-39-32(24-6-2-1-3-7-24)37-19-28(33(39)41)35-16-22-10-11-30-27(15-22)26-8-4-5-9-29(26)42-30/h1-15,18-20,35H,16-17,21H2,(H,36,40). The Balaban J connectivity index is 1.13. The van der Waals surface area contributed by atoms with Gasteiger partial charge >= 0.3 is 0 Å². The molecule has 0 aliphatic heterocycles. The molecule has 4 heterocycles. The predicted molar refractivity (Wildman–Crippen MR) is 162 cm³/mol. The highest BCUT2D eigenvalue weighted by Crippen LogP contribution is 2.29. The van der Waals surface area contributed by atoms with Crippen LogP contribution in [-0.2, 0) is 24.4 Å². The first-order chi connectivity index (χ1) is 20.6. The number of para-hydroxylation sites is 1. The van der Waals surface area contributed by atoms with E-state index in [1.807, 2.05) is 89.6 Å². The highest BCUT2D eigenvalue weighted by atomic mass is 16.3. The van der Waals surface area contributed by atoms with Crippen molar-refractivity contribution < 1.29 is 9.21 Å². The Morgan fingerprint density at radius 3 is 2.57 bits per heavy atom. The first-order valence-electron chi connectivity index (χ1n) is 13.6. The van der Waals surface area contributed by atoms with Crippen LogP contribution in [0.2, 0.25) is 0 Å². The van der Waals surface area contributed by atoms with E-state index < -0.39 is 0 Å². The molecule has 0 spiro atoms. The van der Waals surface area contributed by atoms with E-state index >= 15 is 0 Å². The molecule has 2 N–H and O–H groups in total. The van der Waals surface area contributed by atoms with E-state index in [0.29, 0.717) is 24.6 Å². The first kappa shape index (κ1) is 25.3. The molecule has 0 aliphatic carbocycles. The van der Waals surface area contributed by atoms with Crippen molar-refractivity contribution in [3.8, 4) is 11.4 Å². The summed E-state index contributed by atoms with van der Waals surface area (Å²) in [7, 11) is 0. The maximum atomic E-state index is 13.7. The Morgan fingerprint density at radius 2 is 1.69 bits per heavy atom. The third kappa shape index (κ3) is 4.88. The Bertz CT molecular complexity index is 2090. The van der Waals surface area contributed by atoms with E-state index in [1.54, 1.807) is 12.4 Å². The molecule has 0 saturated heterocycles. The lowest BCUT2D eigenvalue weighted by Gasteiger charge is -2.15. The smallest absolute Gasteiger partial charge is 0.277 e. The van der Waals surface area contributed by atoms with Gasteiger partial charge in [-0.25, -0.2) is 4.98 Å². The largest absolute Gasteiger partial charge is 0.456 e. The van der Waals surface area contributed by atoms with E-state index in [9.17, 15) is 9.59 Å². The number of hydrogen-bond donors (Lipinski definition) is 2. The van der Waals surface area contributed by atoms with Crippen LogP contribution in [0.5, 0.6) is 0 Å². The molecule has 0 aliphatic rings. The van der Waals surface area contributed by atoms with E-state index in [1.165, 1.54) is 10.8 Å². The summed E-state index contributed by atoms with van der Waals surface area (Å²) in [5.74, 6) is 0.132. The van der Waals surface area contributed by atoms with Gasteiger partial charge in [-0.05, 0) is 35.4 Å². The summed E-state index contributed by atoms with van der Waals surface area (Å²) in [5, 5.41) is 8.22. The van der Waals surface area contributed by atoms with Crippen molar-refractivity contribution in [1.29, 1.82) is 0 Å². The number of fused-ring (bicyclic) bond motifs is 4. The number of aromatic nitrogens is 4. The second kappa shape index (κ2) is 10.7. The van der Waals surface area contributed by atoms with E-state index in [-0.39, 0.29) is 18.0 Å². The summed E-state index contributed by atoms with van der Waals surface area (Å²) in [6.07, 6.45) is 8.79. The Morgan fingerprint density at radius 1 is 0.857 bits per heavy atom. The topological polar surface area (TPSA) is 106 Å². The Kier molecular flexibility index (Phi) is 6.44. The molecule has 42 heavy (non-hydrogen) atoms. The molecule has 0 atom stereocenters. The van der Waals surface area contributed by atoms with Gasteiger partial charge in [0.1, 0.15) is 29.2 Å². The van der Waals surface area contributed by atoms with Gasteiger partial charge in [-0.15, -0.1) is 0 Å². The fourth-order valence-corrected chi connectivity index (χ4v) is 5.17. The molecular weight excluding hydrogens is 528 g/mol. The number of hydrogen-bond acceptors (Lipinski definition) is 6. The molecule has 7 rings (SSSR count). The van der Waals surface area contributed by atoms with Crippen LogP contribution < -0.4 is 16.2 Å². The van der Waals surface area contributed by atoms with Gasteiger partial charge in [-0.2, -0.15) is 0 Å². The Hall–Kier alpha value is -5.70. The number of carbonyl (C=O) groups is 1. The van der Waals surface area contributed by atoms with Crippen LogP contribution in [0.25, 0.3) is 38.8 Å². The number of anilines is 1. The summed E-state index contributed by atoms with van der Waals surface area (Å²) in [6.45, 7) is 0.556. The zero-order chi connectivity index (χ0) is 28.5. The van der Waals surface area contributed by atoms with Crippen LogP contribution >= 0.6 is 0 Å². The summed E-state index contributed by atoms with van der Waals surface area (Å²) in [4.78, 5) is 35.5. The fourth-order valence-electron chi connectivity index (χ4n) is 5.17. The minimum atomic E-state index is -0.325. The van der Waals surface area contributed by atoms with Crippen molar-refractivity contribution in [2.45, 2.75) is 19.6 Å². The molecule has 206 valence electrons. The lowest BCUT2D eigenvalue weighted by molar-refractivity contribution is -0.121. The normalized spacial score (nSPS) is 11.3. The lowest BCUT2D eigenvalue weighted by atomic mass is 10.1. The molecule has 3 aromatic carbocycles. The van der Waals surface area contributed by atoms with Crippen molar-refractivity contribution in [1.82, 2.24) is 24.3 Å². The number of benzene rings is 3. The average molecular weight is 555 g/mol. The van der Waals surface area contributed by atoms with Crippen molar-refractivity contribution in [3.63, 3.8) is 0 Å². The number of rotatable bonds is 8. The lowest BCUT2D eigenvalue weighted by Crippen LogP contribution is -2.34. The monoisotopic (exact) mass is 554 g/mol. The molecule has 1 amide bonds. The molecule has 0 bridgehead atoms. The van der Waals surface area contributed by atoms with Gasteiger partial charge in [0, 0.05) is 48.0 Å². The van der Waals surface area contributed by atoms with Gasteiger partial charge < -0.3 is 19.5 Å². The molecule has 7 aromatic rings. The van der Waals surface area contributed by atoms with Crippen LogP contribution in [0.4, 0.5) is 5.69 Å². The average Bonchev–Trinajstić information content (AvgIpc) is 3.62. The van der Waals surface area contributed by atoms with Crippen LogP contribution in [0.15, 0.2) is 119 Å². The molecule has 0 unspecified atom stereocenters. The van der Waals surface area contributed by atoms with Gasteiger partial charge in [-0.3, -0.25) is 19.1 Å². The highest BCUT2D eigenvalue weighted by molar-refractivity contribution is 6.05. The van der Waals surface area contributed by atoms with E-state index in [2.05, 4.69) is 26.7 Å². The first-order valence-corrected chi connectivity index (χ1v) is 13.6. The van der Waals surface area contributed by atoms with Gasteiger partial charge in [0.05, 0.1) is 17.9 Å². The zero-order valence-corrected chi connectivity index (χ0v) is 22.5. The molecule has 9 nitrogen and oxygen atoms in total. The van der Waals surface area contributed by atoms with E-state index in [0.717, 1.165) is 44.1 Å². The van der Waals surface area contributed by atoms with Crippen molar-refractivity contribution >= 4 is 39.0 Å². The molecule has 0 saturated carbocycles. The quantitative estimate of drug-likeness (QED) is 0.261. The minimum Gasteiger partial charge on any atom is -0.456 e. The summed E-state index contributed by atoms with van der Waals surface area (Å²) in [6, 6.07) is 25.2. The predicted octanol–water partition coefficient (Wildman–Crippen LogP) is 5.39. The third-order valence-corrected chi connectivity index (χ3v) is 7.25. The summed E-state index contributed by atoms with van der Waals surface area (Å²) in [5.41, 5.74) is 5.24. The van der Waals surface area contributed by atoms with Crippen LogP contribution in [0, 0.1) is 0 Å². The molecule has 0 fully saturated rings. The minimum absolute atomic E-state index is 0.173. The van der Waals surface area contributed by atoms with Crippen molar-refractivity contribution in [2.24, 2.45) is 0 Å².